The fourth-order valence-corrected chi connectivity index (χ4v) is 2.50. The van der Waals surface area contributed by atoms with E-state index in [1.54, 1.807) is 4.90 Å². The first-order chi connectivity index (χ1) is 10.2. The topological polar surface area (TPSA) is 61.4 Å². The zero-order valence-electron chi connectivity index (χ0n) is 12.9. The molecule has 2 rings (SSSR count). The van der Waals surface area contributed by atoms with Crippen molar-refractivity contribution in [3.05, 3.63) is 35.9 Å². The van der Waals surface area contributed by atoms with Gasteiger partial charge in [-0.15, -0.1) is 12.4 Å². The van der Waals surface area contributed by atoms with E-state index in [-0.39, 0.29) is 30.1 Å². The van der Waals surface area contributed by atoms with Gasteiger partial charge in [-0.2, -0.15) is 0 Å². The first kappa shape index (κ1) is 18.5. The third-order valence-electron chi connectivity index (χ3n) is 3.65. The van der Waals surface area contributed by atoms with E-state index in [4.69, 9.17) is 0 Å². The van der Waals surface area contributed by atoms with Crippen LogP contribution in [0.3, 0.4) is 0 Å². The molecule has 122 valence electrons. The number of nitrogens with zero attached hydrogens (tertiary/aromatic N) is 1. The van der Waals surface area contributed by atoms with Crippen LogP contribution in [0.1, 0.15) is 18.9 Å². The fourth-order valence-electron chi connectivity index (χ4n) is 2.50. The van der Waals surface area contributed by atoms with Crippen molar-refractivity contribution in [2.45, 2.75) is 19.9 Å². The predicted octanol–water partition coefficient (Wildman–Crippen LogP) is 1.18. The summed E-state index contributed by atoms with van der Waals surface area (Å²) in [5, 5.41) is 6.04. The lowest BCUT2D eigenvalue weighted by Crippen LogP contribution is -2.36. The first-order valence-corrected chi connectivity index (χ1v) is 7.51. The van der Waals surface area contributed by atoms with E-state index in [0.29, 0.717) is 26.1 Å². The zero-order valence-corrected chi connectivity index (χ0v) is 13.7. The molecule has 1 heterocycles. The molecule has 0 aromatic heterocycles. The summed E-state index contributed by atoms with van der Waals surface area (Å²) < 4.78 is 0. The van der Waals surface area contributed by atoms with E-state index in [2.05, 4.69) is 10.6 Å². The number of hydrogen-bond donors (Lipinski definition) is 2. The average Bonchev–Trinajstić information content (AvgIpc) is 2.86. The lowest BCUT2D eigenvalue weighted by atomic mass is 10.1. The molecule has 5 nitrogen and oxygen atoms in total. The zero-order chi connectivity index (χ0) is 15.1. The number of likely N-dealkylation sites (tertiary alicyclic amines) is 1. The quantitative estimate of drug-likeness (QED) is 0.740. The van der Waals surface area contributed by atoms with Gasteiger partial charge in [-0.1, -0.05) is 37.3 Å². The Bertz CT molecular complexity index is 482. The van der Waals surface area contributed by atoms with Gasteiger partial charge in [-0.25, -0.2) is 0 Å². The van der Waals surface area contributed by atoms with E-state index in [0.717, 1.165) is 18.7 Å². The second kappa shape index (κ2) is 9.43. The van der Waals surface area contributed by atoms with E-state index in [1.165, 1.54) is 0 Å². The lowest BCUT2D eigenvalue weighted by Gasteiger charge is -2.16. The maximum Gasteiger partial charge on any atom is 0.225 e. The number of rotatable bonds is 7. The highest BCUT2D eigenvalue weighted by molar-refractivity contribution is 5.89. The molecule has 22 heavy (non-hydrogen) atoms. The normalized spacial score (nSPS) is 17.2. The molecule has 6 heteroatoms. The summed E-state index contributed by atoms with van der Waals surface area (Å²) in [5.74, 6) is -0.176. The molecular formula is C16H24ClN3O2. The Hall–Kier alpha value is -1.59. The second-order valence-electron chi connectivity index (χ2n) is 5.31. The Labute approximate surface area is 137 Å². The standard InChI is InChI=1S/C16H23N3O2.ClH/c1-2-17-8-9-18-16(21)14-10-15(20)19(12-14)11-13-6-4-3-5-7-13;/h3-7,14,17H,2,8-12H2,1H3,(H,18,21);1H. The van der Waals surface area contributed by atoms with Crippen molar-refractivity contribution in [1.29, 1.82) is 0 Å². The van der Waals surface area contributed by atoms with Gasteiger partial charge in [0.1, 0.15) is 0 Å². The second-order valence-corrected chi connectivity index (χ2v) is 5.31. The van der Waals surface area contributed by atoms with Gasteiger partial charge in [0.2, 0.25) is 11.8 Å². The van der Waals surface area contributed by atoms with E-state index < -0.39 is 0 Å². The van der Waals surface area contributed by atoms with Crippen LogP contribution < -0.4 is 10.6 Å². The largest absolute Gasteiger partial charge is 0.355 e. The molecular weight excluding hydrogens is 302 g/mol. The van der Waals surface area contributed by atoms with Crippen molar-refractivity contribution in [3.8, 4) is 0 Å². The number of carbonyl (C=O) groups excluding carboxylic acids is 2. The molecule has 0 spiro atoms. The maximum absolute atomic E-state index is 12.0. The average molecular weight is 326 g/mol. The van der Waals surface area contributed by atoms with Crippen molar-refractivity contribution < 1.29 is 9.59 Å². The molecule has 0 bridgehead atoms. The van der Waals surface area contributed by atoms with Crippen LogP contribution in [-0.2, 0) is 16.1 Å². The Morgan fingerprint density at radius 3 is 2.68 bits per heavy atom. The number of hydrogen-bond acceptors (Lipinski definition) is 3. The monoisotopic (exact) mass is 325 g/mol. The summed E-state index contributed by atoms with van der Waals surface area (Å²) in [5.41, 5.74) is 1.10. The van der Waals surface area contributed by atoms with E-state index in [1.807, 2.05) is 37.3 Å². The van der Waals surface area contributed by atoms with Gasteiger partial charge in [0.05, 0.1) is 5.92 Å². The highest BCUT2D eigenvalue weighted by atomic mass is 35.5. The number of nitrogens with one attached hydrogen (secondary N) is 2. The van der Waals surface area contributed by atoms with Gasteiger partial charge in [0, 0.05) is 32.6 Å². The lowest BCUT2D eigenvalue weighted by molar-refractivity contribution is -0.129. The highest BCUT2D eigenvalue weighted by Crippen LogP contribution is 2.20. The minimum atomic E-state index is -0.220. The number of halogens is 1. The maximum atomic E-state index is 12.0. The molecule has 1 aliphatic rings. The van der Waals surface area contributed by atoms with Crippen molar-refractivity contribution >= 4 is 24.2 Å². The Morgan fingerprint density at radius 1 is 1.27 bits per heavy atom. The van der Waals surface area contributed by atoms with Crippen LogP contribution in [0.5, 0.6) is 0 Å². The molecule has 1 unspecified atom stereocenters. The SMILES string of the molecule is CCNCCNC(=O)C1CC(=O)N(Cc2ccccc2)C1.Cl. The molecule has 2 N–H and O–H groups in total. The Balaban J connectivity index is 0.00000242. The minimum absolute atomic E-state index is 0. The number of benzene rings is 1. The van der Waals surface area contributed by atoms with E-state index in [9.17, 15) is 9.59 Å². The van der Waals surface area contributed by atoms with E-state index >= 15 is 0 Å². The van der Waals surface area contributed by atoms with Crippen molar-refractivity contribution in [3.63, 3.8) is 0 Å². The first-order valence-electron chi connectivity index (χ1n) is 7.51. The van der Waals surface area contributed by atoms with Crippen LogP contribution in [0.15, 0.2) is 30.3 Å². The molecule has 0 aliphatic carbocycles. The summed E-state index contributed by atoms with van der Waals surface area (Å²) in [7, 11) is 0. The molecule has 1 saturated heterocycles. The van der Waals surface area contributed by atoms with Crippen LogP contribution in [0.2, 0.25) is 0 Å². The fraction of sp³-hybridized carbons (Fsp3) is 0.500. The molecule has 1 aromatic rings. The van der Waals surface area contributed by atoms with Gasteiger partial charge >= 0.3 is 0 Å². The van der Waals surface area contributed by atoms with Crippen LogP contribution in [-0.4, -0.2) is 42.9 Å². The van der Waals surface area contributed by atoms with Gasteiger partial charge < -0.3 is 15.5 Å². The van der Waals surface area contributed by atoms with Crippen LogP contribution >= 0.6 is 12.4 Å². The molecule has 2 amide bonds. The van der Waals surface area contributed by atoms with Crippen LogP contribution in [0.4, 0.5) is 0 Å². The van der Waals surface area contributed by atoms with Crippen LogP contribution in [0.25, 0.3) is 0 Å². The molecule has 1 atom stereocenters. The van der Waals surface area contributed by atoms with Gasteiger partial charge in [0.15, 0.2) is 0 Å². The Morgan fingerprint density at radius 2 is 2.00 bits per heavy atom. The molecule has 0 saturated carbocycles. The van der Waals surface area contributed by atoms with Crippen molar-refractivity contribution in [2.24, 2.45) is 5.92 Å². The minimum Gasteiger partial charge on any atom is -0.355 e. The predicted molar refractivity (Wildman–Crippen MR) is 88.8 cm³/mol. The van der Waals surface area contributed by atoms with Gasteiger partial charge in [0.25, 0.3) is 0 Å². The van der Waals surface area contributed by atoms with Crippen molar-refractivity contribution in [2.75, 3.05) is 26.2 Å². The van der Waals surface area contributed by atoms with Gasteiger partial charge in [-0.05, 0) is 12.1 Å². The summed E-state index contributed by atoms with van der Waals surface area (Å²) in [6, 6.07) is 9.87. The molecule has 1 aliphatic heterocycles. The highest BCUT2D eigenvalue weighted by Gasteiger charge is 2.33. The molecule has 1 aromatic carbocycles. The van der Waals surface area contributed by atoms with Crippen molar-refractivity contribution in [1.82, 2.24) is 15.5 Å². The summed E-state index contributed by atoms with van der Waals surface area (Å²) in [6.45, 7) is 5.38. The third kappa shape index (κ3) is 5.31. The molecule has 1 fully saturated rings. The van der Waals surface area contributed by atoms with Gasteiger partial charge in [-0.3, -0.25) is 9.59 Å². The smallest absolute Gasteiger partial charge is 0.225 e. The third-order valence-corrected chi connectivity index (χ3v) is 3.65. The summed E-state index contributed by atoms with van der Waals surface area (Å²) in [4.78, 5) is 25.8. The number of likely N-dealkylation sites (N-methyl/N-ethyl adjacent to an activating group) is 1. The van der Waals surface area contributed by atoms with Crippen LogP contribution in [0, 0.1) is 5.92 Å². The summed E-state index contributed by atoms with van der Waals surface area (Å²) in [6.07, 6.45) is 0.319. The number of amides is 2. The summed E-state index contributed by atoms with van der Waals surface area (Å²) >= 11 is 0. The Kier molecular flexibility index (Phi) is 7.91. The number of carbonyl (C=O) groups is 2. The molecule has 0 radical (unpaired) electrons.